The lowest BCUT2D eigenvalue weighted by atomic mass is 9.82. The first-order valence-corrected chi connectivity index (χ1v) is 15.0. The lowest BCUT2D eigenvalue weighted by molar-refractivity contribution is -0.143. The summed E-state index contributed by atoms with van der Waals surface area (Å²) in [7, 11) is 0. The molecule has 5 rings (SSSR count). The standard InChI is InChI=1S/C38H12F12N6/c1-15-6-16(2)8-17(7-15)25-28(23(14-53)55-4)30-31(34(25)56-5)33(38(48,49)50)29-26(32(30)37(45,46)47)21(12-51)24(27(29)22(13-52)54-3)18-9-19(35(39,40)41)11-20(10-18)36(42,43)44/h6-11H,1-2H3/b27-22-,28-23+. The first-order valence-electron chi connectivity index (χ1n) is 15.0. The van der Waals surface area contributed by atoms with Crippen molar-refractivity contribution in [3.05, 3.63) is 149 Å². The maximum Gasteiger partial charge on any atom is 0.417 e. The van der Waals surface area contributed by atoms with E-state index < -0.39 is 126 Å². The number of nitrogens with zero attached hydrogens (tertiary/aromatic N) is 6. The van der Waals surface area contributed by atoms with Gasteiger partial charge in [0, 0.05) is 16.7 Å². The molecule has 0 aliphatic heterocycles. The van der Waals surface area contributed by atoms with Gasteiger partial charge < -0.3 is 0 Å². The Labute approximate surface area is 307 Å². The van der Waals surface area contributed by atoms with Crippen molar-refractivity contribution in [2.24, 2.45) is 0 Å². The number of allylic oxidation sites excluding steroid dienone is 7. The van der Waals surface area contributed by atoms with E-state index in [2.05, 4.69) is 14.5 Å². The maximum atomic E-state index is 15.7. The Balaban J connectivity index is 2.23. The van der Waals surface area contributed by atoms with Crippen molar-refractivity contribution in [2.45, 2.75) is 38.6 Å². The van der Waals surface area contributed by atoms with E-state index >= 15 is 26.3 Å². The lowest BCUT2D eigenvalue weighted by Crippen LogP contribution is -2.20. The highest BCUT2D eigenvalue weighted by atomic mass is 19.4. The second-order valence-corrected chi connectivity index (χ2v) is 12.0. The van der Waals surface area contributed by atoms with Crippen molar-refractivity contribution in [1.29, 1.82) is 15.8 Å². The molecule has 0 unspecified atom stereocenters. The first-order chi connectivity index (χ1) is 25.9. The van der Waals surface area contributed by atoms with Gasteiger partial charge in [-0.15, -0.1) is 0 Å². The normalized spacial score (nSPS) is 15.9. The number of nitriles is 3. The molecular formula is C38H12F12N6. The van der Waals surface area contributed by atoms with Gasteiger partial charge in [0.1, 0.15) is 6.07 Å². The minimum atomic E-state index is -5.95. The van der Waals surface area contributed by atoms with Crippen molar-refractivity contribution in [3.8, 4) is 18.2 Å². The summed E-state index contributed by atoms with van der Waals surface area (Å²) in [5.41, 5.74) is -27.2. The third-order valence-corrected chi connectivity index (χ3v) is 8.56. The maximum absolute atomic E-state index is 15.7. The first kappa shape index (κ1) is 39.9. The molecule has 0 aromatic heterocycles. The summed E-state index contributed by atoms with van der Waals surface area (Å²) in [4.78, 5) is 8.78. The Morgan fingerprint density at radius 3 is 1.32 bits per heavy atom. The zero-order chi connectivity index (χ0) is 42.0. The molecule has 0 N–H and O–H groups in total. The average Bonchev–Trinajstić information content (AvgIpc) is 3.59. The molecule has 6 nitrogen and oxygen atoms in total. The van der Waals surface area contributed by atoms with E-state index in [0.29, 0.717) is 11.1 Å². The molecule has 3 aromatic carbocycles. The molecule has 0 saturated heterocycles. The van der Waals surface area contributed by atoms with E-state index in [1.807, 2.05) is 0 Å². The van der Waals surface area contributed by atoms with Crippen LogP contribution in [0.5, 0.6) is 0 Å². The SMILES string of the molecule is [C-]#[N+]C1=C(c2cc(C)cc(C)c2)/C(=C(/C#N)[N+]#[C-])c2c1c(C(F)(F)F)c1c(c2C(F)(F)F)C(C#N)=C(c2cc(C(F)(F)F)cc(C(F)(F)F)c2)/C1=C(\C#N)[N+]#[C-]. The molecule has 0 radical (unpaired) electrons. The Morgan fingerprint density at radius 1 is 0.536 bits per heavy atom. The van der Waals surface area contributed by atoms with E-state index in [9.17, 15) is 42.1 Å². The fourth-order valence-electron chi connectivity index (χ4n) is 6.81. The number of aryl methyl sites for hydroxylation is 2. The fraction of sp³-hybridized carbons (Fsp3) is 0.158. The highest BCUT2D eigenvalue weighted by Gasteiger charge is 2.54. The zero-order valence-electron chi connectivity index (χ0n) is 27.7. The third-order valence-electron chi connectivity index (χ3n) is 8.56. The highest BCUT2D eigenvalue weighted by Crippen LogP contribution is 2.63. The molecule has 0 amide bonds. The van der Waals surface area contributed by atoms with Crippen LogP contribution in [-0.4, -0.2) is 0 Å². The molecule has 278 valence electrons. The number of hydrogen-bond donors (Lipinski definition) is 0. The van der Waals surface area contributed by atoms with Crippen molar-refractivity contribution in [1.82, 2.24) is 0 Å². The van der Waals surface area contributed by atoms with Gasteiger partial charge >= 0.3 is 24.7 Å². The number of rotatable bonds is 2. The monoisotopic (exact) mass is 780 g/mol. The topological polar surface area (TPSA) is 84.5 Å². The van der Waals surface area contributed by atoms with Gasteiger partial charge in [0.25, 0.3) is 11.4 Å². The smallest absolute Gasteiger partial charge is 0.237 e. The summed E-state index contributed by atoms with van der Waals surface area (Å²) in [6.45, 7) is 26.0. The Kier molecular flexibility index (Phi) is 9.43. The third kappa shape index (κ3) is 6.28. The second kappa shape index (κ2) is 13.2. The summed E-state index contributed by atoms with van der Waals surface area (Å²) >= 11 is 0. The van der Waals surface area contributed by atoms with Crippen LogP contribution in [0.15, 0.2) is 47.8 Å². The molecule has 0 spiro atoms. The Bertz CT molecular complexity index is 2620. The van der Waals surface area contributed by atoms with Gasteiger partial charge in [-0.2, -0.15) is 57.9 Å². The molecule has 0 heterocycles. The molecule has 2 aliphatic rings. The van der Waals surface area contributed by atoms with Crippen LogP contribution in [0.3, 0.4) is 0 Å². The van der Waals surface area contributed by atoms with Gasteiger partial charge in [-0.1, -0.05) is 29.3 Å². The van der Waals surface area contributed by atoms with Crippen LogP contribution in [-0.2, 0) is 24.7 Å². The van der Waals surface area contributed by atoms with Crippen LogP contribution in [0.4, 0.5) is 52.7 Å². The molecule has 2 aliphatic carbocycles. The van der Waals surface area contributed by atoms with Gasteiger partial charge in [-0.25, -0.2) is 25.1 Å². The fourth-order valence-corrected chi connectivity index (χ4v) is 6.81. The molecule has 18 heteroatoms. The highest BCUT2D eigenvalue weighted by molar-refractivity contribution is 6.30. The average molecular weight is 781 g/mol. The molecule has 3 aromatic rings. The van der Waals surface area contributed by atoms with Crippen molar-refractivity contribution >= 4 is 33.6 Å². The number of hydrogen-bond acceptors (Lipinski definition) is 3. The molecule has 0 fully saturated rings. The summed E-state index contributed by atoms with van der Waals surface area (Å²) in [5, 5.41) is 30.3. The largest absolute Gasteiger partial charge is 0.417 e. The summed E-state index contributed by atoms with van der Waals surface area (Å²) < 4.78 is 178. The van der Waals surface area contributed by atoms with Crippen molar-refractivity contribution in [3.63, 3.8) is 0 Å². The lowest BCUT2D eigenvalue weighted by Gasteiger charge is -2.25. The Morgan fingerprint density at radius 2 is 0.946 bits per heavy atom. The van der Waals surface area contributed by atoms with Gasteiger partial charge in [0.15, 0.2) is 0 Å². The van der Waals surface area contributed by atoms with E-state index in [1.165, 1.54) is 38.1 Å². The molecule has 56 heavy (non-hydrogen) atoms. The molecule has 0 saturated carbocycles. The van der Waals surface area contributed by atoms with Gasteiger partial charge in [0.2, 0.25) is 5.70 Å². The zero-order valence-corrected chi connectivity index (χ0v) is 27.7. The van der Waals surface area contributed by atoms with Crippen LogP contribution < -0.4 is 0 Å². The minimum absolute atomic E-state index is 0.109. The van der Waals surface area contributed by atoms with Crippen LogP contribution in [0.1, 0.15) is 66.8 Å². The van der Waals surface area contributed by atoms with Crippen LogP contribution in [0, 0.1) is 67.6 Å². The summed E-state index contributed by atoms with van der Waals surface area (Å²) in [6, 6.07) is 6.95. The van der Waals surface area contributed by atoms with Gasteiger partial charge in [-0.05, 0) is 71.0 Å². The molecule has 0 atom stereocenters. The Hall–Kier alpha value is -7.28. The quantitative estimate of drug-likeness (QED) is 0.147. The predicted octanol–water partition coefficient (Wildman–Crippen LogP) is 11.9. The number of alkyl halides is 12. The number of fused-ring (bicyclic) bond motifs is 2. The van der Waals surface area contributed by atoms with Crippen molar-refractivity contribution in [2.75, 3.05) is 0 Å². The predicted molar refractivity (Wildman–Crippen MR) is 173 cm³/mol. The van der Waals surface area contributed by atoms with Gasteiger partial charge in [-0.3, -0.25) is 0 Å². The van der Waals surface area contributed by atoms with Crippen molar-refractivity contribution < 1.29 is 52.7 Å². The van der Waals surface area contributed by atoms with Gasteiger partial charge in [0.05, 0.1) is 59.7 Å². The van der Waals surface area contributed by atoms with Crippen LogP contribution >= 0.6 is 0 Å². The number of halogens is 12. The molecule has 0 bridgehead atoms. The van der Waals surface area contributed by atoms with Crippen LogP contribution in [0.2, 0.25) is 0 Å². The summed E-state index contributed by atoms with van der Waals surface area (Å²) in [6.07, 6.45) is -23.1. The van der Waals surface area contributed by atoms with E-state index in [1.54, 1.807) is 0 Å². The second-order valence-electron chi connectivity index (χ2n) is 12.0. The minimum Gasteiger partial charge on any atom is -0.237 e. The number of benzene rings is 3. The van der Waals surface area contributed by atoms with Crippen LogP contribution in [0.25, 0.3) is 48.1 Å². The summed E-state index contributed by atoms with van der Waals surface area (Å²) in [5.74, 6) is 0. The van der Waals surface area contributed by atoms with E-state index in [4.69, 9.17) is 19.7 Å². The van der Waals surface area contributed by atoms with E-state index in [-0.39, 0.29) is 17.7 Å². The van der Waals surface area contributed by atoms with E-state index in [0.717, 1.165) is 12.1 Å². The molecular weight excluding hydrogens is 768 g/mol.